The molecule has 0 spiro atoms. The molecule has 0 radical (unpaired) electrons. The van der Waals surface area contributed by atoms with Crippen LogP contribution < -0.4 is 10.1 Å². The molecule has 0 saturated carbocycles. The maximum absolute atomic E-state index is 12.8. The van der Waals surface area contributed by atoms with E-state index in [0.29, 0.717) is 24.4 Å². The minimum atomic E-state index is -0.711. The first-order valence-electron chi connectivity index (χ1n) is 6.60. The lowest BCUT2D eigenvalue weighted by atomic mass is 10.1. The summed E-state index contributed by atoms with van der Waals surface area (Å²) < 4.78 is 17.8. The van der Waals surface area contributed by atoms with Crippen molar-refractivity contribution in [3.05, 3.63) is 59.4 Å². The van der Waals surface area contributed by atoms with Gasteiger partial charge in [0.05, 0.1) is 13.2 Å². The average Bonchev–Trinajstić information content (AvgIpc) is 2.48. The van der Waals surface area contributed by atoms with Crippen LogP contribution in [0.25, 0.3) is 0 Å². The minimum absolute atomic E-state index is 0.0795. The van der Waals surface area contributed by atoms with Gasteiger partial charge in [-0.2, -0.15) is 0 Å². The summed E-state index contributed by atoms with van der Waals surface area (Å²) >= 11 is 0. The molecular weight excluding hydrogens is 273 g/mol. The molecule has 0 aliphatic heterocycles. The van der Waals surface area contributed by atoms with Crippen molar-refractivity contribution in [1.82, 2.24) is 5.32 Å². The predicted molar refractivity (Wildman–Crippen MR) is 77.7 cm³/mol. The summed E-state index contributed by atoms with van der Waals surface area (Å²) in [7, 11) is 1.49. The normalized spacial score (nSPS) is 12.1. The number of phenols is 1. The Kier molecular flexibility index (Phi) is 5.14. The van der Waals surface area contributed by atoms with Crippen molar-refractivity contribution in [2.45, 2.75) is 12.6 Å². The molecule has 2 rings (SSSR count). The summed E-state index contributed by atoms with van der Waals surface area (Å²) in [6.45, 7) is 0.828. The second kappa shape index (κ2) is 7.06. The van der Waals surface area contributed by atoms with E-state index in [0.717, 1.165) is 5.56 Å². The second-order valence-corrected chi connectivity index (χ2v) is 4.70. The molecule has 2 aromatic carbocycles. The Balaban J connectivity index is 1.86. The van der Waals surface area contributed by atoms with Crippen molar-refractivity contribution in [1.29, 1.82) is 0 Å². The van der Waals surface area contributed by atoms with Crippen LogP contribution in [0, 0.1) is 5.82 Å². The Morgan fingerprint density at radius 3 is 2.52 bits per heavy atom. The molecule has 1 atom stereocenters. The Morgan fingerprint density at radius 2 is 1.90 bits per heavy atom. The number of aromatic hydroxyl groups is 1. The van der Waals surface area contributed by atoms with E-state index < -0.39 is 6.10 Å². The molecule has 0 aromatic heterocycles. The molecule has 0 saturated heterocycles. The fourth-order valence-corrected chi connectivity index (χ4v) is 2.00. The number of phenolic OH excluding ortho intramolecular Hbond substituents is 1. The lowest BCUT2D eigenvalue weighted by molar-refractivity contribution is 0.174. The third-order valence-electron chi connectivity index (χ3n) is 3.16. The lowest BCUT2D eigenvalue weighted by Gasteiger charge is -2.13. The molecule has 112 valence electrons. The molecule has 0 aliphatic carbocycles. The van der Waals surface area contributed by atoms with Gasteiger partial charge in [-0.25, -0.2) is 4.39 Å². The number of hydrogen-bond donors (Lipinski definition) is 3. The summed E-state index contributed by atoms with van der Waals surface area (Å²) in [6.07, 6.45) is -0.711. The van der Waals surface area contributed by atoms with Crippen LogP contribution in [0.1, 0.15) is 17.2 Å². The van der Waals surface area contributed by atoms with Crippen LogP contribution in [-0.2, 0) is 6.54 Å². The molecule has 0 aliphatic rings. The van der Waals surface area contributed by atoms with Crippen LogP contribution in [0.2, 0.25) is 0 Å². The number of aliphatic hydroxyl groups excluding tert-OH is 1. The fourth-order valence-electron chi connectivity index (χ4n) is 2.00. The first kappa shape index (κ1) is 15.3. The predicted octanol–water partition coefficient (Wildman–Crippen LogP) is 2.36. The van der Waals surface area contributed by atoms with Gasteiger partial charge in [0.25, 0.3) is 0 Å². The molecule has 2 aromatic rings. The number of ether oxygens (including phenoxy) is 1. The maximum atomic E-state index is 12.8. The number of rotatable bonds is 6. The highest BCUT2D eigenvalue weighted by Gasteiger charge is 2.07. The van der Waals surface area contributed by atoms with Gasteiger partial charge in [-0.3, -0.25) is 0 Å². The quantitative estimate of drug-likeness (QED) is 0.764. The van der Waals surface area contributed by atoms with Crippen molar-refractivity contribution in [2.75, 3.05) is 13.7 Å². The molecule has 1 unspecified atom stereocenters. The largest absolute Gasteiger partial charge is 0.504 e. The molecular formula is C16H18FNO3. The molecule has 0 fully saturated rings. The third kappa shape index (κ3) is 4.18. The van der Waals surface area contributed by atoms with E-state index in [1.165, 1.54) is 19.2 Å². The van der Waals surface area contributed by atoms with Crippen LogP contribution in [0.15, 0.2) is 42.5 Å². The second-order valence-electron chi connectivity index (χ2n) is 4.70. The number of aliphatic hydroxyl groups is 1. The number of benzene rings is 2. The Hall–Kier alpha value is -2.11. The highest BCUT2D eigenvalue weighted by Crippen LogP contribution is 2.26. The van der Waals surface area contributed by atoms with E-state index in [2.05, 4.69) is 5.32 Å². The van der Waals surface area contributed by atoms with E-state index in [4.69, 9.17) is 4.74 Å². The highest BCUT2D eigenvalue weighted by molar-refractivity contribution is 5.41. The Morgan fingerprint density at radius 1 is 1.19 bits per heavy atom. The van der Waals surface area contributed by atoms with Crippen molar-refractivity contribution < 1.29 is 19.3 Å². The number of methoxy groups -OCH3 is 1. The van der Waals surface area contributed by atoms with Crippen LogP contribution in [0.3, 0.4) is 0 Å². The van der Waals surface area contributed by atoms with Crippen molar-refractivity contribution >= 4 is 0 Å². The monoisotopic (exact) mass is 291 g/mol. The Bertz CT molecular complexity index is 587. The van der Waals surface area contributed by atoms with Crippen molar-refractivity contribution in [3.8, 4) is 11.5 Å². The summed E-state index contributed by atoms with van der Waals surface area (Å²) in [5, 5.41) is 22.7. The molecule has 3 N–H and O–H groups in total. The van der Waals surface area contributed by atoms with Gasteiger partial charge >= 0.3 is 0 Å². The standard InChI is InChI=1S/C16H18FNO3/c1-21-16-7-2-11(8-14(16)19)9-18-10-15(20)12-3-5-13(17)6-4-12/h2-8,15,18-20H,9-10H2,1H3. The zero-order chi connectivity index (χ0) is 15.2. The van der Waals surface area contributed by atoms with Crippen molar-refractivity contribution in [2.24, 2.45) is 0 Å². The topological polar surface area (TPSA) is 61.7 Å². The van der Waals surface area contributed by atoms with Gasteiger partial charge in [0.15, 0.2) is 11.5 Å². The zero-order valence-corrected chi connectivity index (χ0v) is 11.7. The van der Waals surface area contributed by atoms with E-state index >= 15 is 0 Å². The van der Waals surface area contributed by atoms with Gasteiger partial charge in [0.2, 0.25) is 0 Å². The average molecular weight is 291 g/mol. The highest BCUT2D eigenvalue weighted by atomic mass is 19.1. The van der Waals surface area contributed by atoms with Gasteiger partial charge in [-0.1, -0.05) is 18.2 Å². The number of halogens is 1. The van der Waals surface area contributed by atoms with Crippen LogP contribution in [0.4, 0.5) is 4.39 Å². The van der Waals surface area contributed by atoms with Gasteiger partial charge in [0.1, 0.15) is 5.82 Å². The molecule has 4 nitrogen and oxygen atoms in total. The number of hydrogen-bond acceptors (Lipinski definition) is 4. The summed E-state index contributed by atoms with van der Waals surface area (Å²) in [4.78, 5) is 0. The van der Waals surface area contributed by atoms with E-state index in [-0.39, 0.29) is 11.6 Å². The Labute approximate surface area is 122 Å². The summed E-state index contributed by atoms with van der Waals surface area (Å²) in [5.74, 6) is 0.175. The van der Waals surface area contributed by atoms with E-state index in [1.54, 1.807) is 24.3 Å². The van der Waals surface area contributed by atoms with Crippen LogP contribution in [-0.4, -0.2) is 23.9 Å². The van der Waals surface area contributed by atoms with Gasteiger partial charge in [-0.15, -0.1) is 0 Å². The maximum Gasteiger partial charge on any atom is 0.160 e. The molecule has 0 bridgehead atoms. The van der Waals surface area contributed by atoms with Crippen molar-refractivity contribution in [3.63, 3.8) is 0 Å². The molecule has 5 heteroatoms. The first-order chi connectivity index (χ1) is 10.1. The van der Waals surface area contributed by atoms with Crippen LogP contribution in [0.5, 0.6) is 11.5 Å². The summed E-state index contributed by atoms with van der Waals surface area (Å²) in [5.41, 5.74) is 1.53. The molecule has 0 amide bonds. The third-order valence-corrected chi connectivity index (χ3v) is 3.16. The SMILES string of the molecule is COc1ccc(CNCC(O)c2ccc(F)cc2)cc1O. The fraction of sp³-hybridized carbons (Fsp3) is 0.250. The zero-order valence-electron chi connectivity index (χ0n) is 11.7. The number of nitrogens with one attached hydrogen (secondary N) is 1. The van der Waals surface area contributed by atoms with E-state index in [9.17, 15) is 14.6 Å². The minimum Gasteiger partial charge on any atom is -0.504 e. The van der Waals surface area contributed by atoms with Gasteiger partial charge in [-0.05, 0) is 35.4 Å². The van der Waals surface area contributed by atoms with Gasteiger partial charge < -0.3 is 20.3 Å². The van der Waals surface area contributed by atoms with Crippen LogP contribution >= 0.6 is 0 Å². The smallest absolute Gasteiger partial charge is 0.160 e. The van der Waals surface area contributed by atoms with E-state index in [1.807, 2.05) is 6.07 Å². The van der Waals surface area contributed by atoms with Gasteiger partial charge in [0, 0.05) is 13.1 Å². The lowest BCUT2D eigenvalue weighted by Crippen LogP contribution is -2.21. The molecule has 0 heterocycles. The first-order valence-corrected chi connectivity index (χ1v) is 6.60. The molecule has 21 heavy (non-hydrogen) atoms. The summed E-state index contributed by atoms with van der Waals surface area (Å²) in [6, 6.07) is 10.9.